The molecule has 2 fully saturated rings. The zero-order valence-corrected chi connectivity index (χ0v) is 11.2. The van der Waals surface area contributed by atoms with Crippen LogP contribution in [0.15, 0.2) is 0 Å². The van der Waals surface area contributed by atoms with E-state index in [0.29, 0.717) is 0 Å². The van der Waals surface area contributed by atoms with Crippen LogP contribution < -0.4 is 0 Å². The topological polar surface area (TPSA) is 6.48 Å². The lowest BCUT2D eigenvalue weighted by Crippen LogP contribution is -2.48. The molecule has 0 spiro atoms. The van der Waals surface area contributed by atoms with Gasteiger partial charge in [-0.2, -0.15) is 0 Å². The Kier molecular flexibility index (Phi) is 5.07. The minimum atomic E-state index is 0.735. The SMILES string of the molecule is CC.CC(C)N1CCCC2CN(C)CC21. The van der Waals surface area contributed by atoms with Crippen molar-refractivity contribution in [2.24, 2.45) is 5.92 Å². The van der Waals surface area contributed by atoms with E-state index in [2.05, 4.69) is 30.7 Å². The Morgan fingerprint density at radius 1 is 1.13 bits per heavy atom. The standard InChI is InChI=1S/C11H22N2.C2H6/c1-9(2)13-6-4-5-10-7-12(3)8-11(10)13;1-2/h9-11H,4-8H2,1-3H3;1-2H3. The van der Waals surface area contributed by atoms with E-state index in [1.54, 1.807) is 0 Å². The monoisotopic (exact) mass is 212 g/mol. The maximum Gasteiger partial charge on any atom is 0.0266 e. The molecule has 0 saturated carbocycles. The predicted molar refractivity (Wildman–Crippen MR) is 67.2 cm³/mol. The average molecular weight is 212 g/mol. The van der Waals surface area contributed by atoms with Crippen molar-refractivity contribution in [1.82, 2.24) is 9.80 Å². The molecule has 90 valence electrons. The van der Waals surface area contributed by atoms with Crippen molar-refractivity contribution in [3.63, 3.8) is 0 Å². The summed E-state index contributed by atoms with van der Waals surface area (Å²) in [6.07, 6.45) is 2.87. The fourth-order valence-corrected chi connectivity index (χ4v) is 3.07. The quantitative estimate of drug-likeness (QED) is 0.659. The van der Waals surface area contributed by atoms with Crippen molar-refractivity contribution in [2.45, 2.75) is 52.6 Å². The summed E-state index contributed by atoms with van der Waals surface area (Å²) >= 11 is 0. The molecule has 0 bridgehead atoms. The molecule has 0 aromatic carbocycles. The van der Waals surface area contributed by atoms with Crippen molar-refractivity contribution in [2.75, 3.05) is 26.7 Å². The normalized spacial score (nSPS) is 32.4. The van der Waals surface area contributed by atoms with Gasteiger partial charge in [-0.25, -0.2) is 0 Å². The van der Waals surface area contributed by atoms with Gasteiger partial charge >= 0.3 is 0 Å². The molecule has 0 radical (unpaired) electrons. The molecule has 0 aromatic rings. The number of hydrogen-bond donors (Lipinski definition) is 0. The zero-order valence-electron chi connectivity index (χ0n) is 11.2. The second-order valence-electron chi connectivity index (χ2n) is 5.02. The van der Waals surface area contributed by atoms with Crippen LogP contribution >= 0.6 is 0 Å². The predicted octanol–water partition coefficient (Wildman–Crippen LogP) is 2.45. The summed E-state index contributed by atoms with van der Waals surface area (Å²) in [5, 5.41) is 0. The Hall–Kier alpha value is -0.0800. The lowest BCUT2D eigenvalue weighted by Gasteiger charge is -2.39. The summed E-state index contributed by atoms with van der Waals surface area (Å²) in [7, 11) is 2.26. The third-order valence-electron chi connectivity index (χ3n) is 3.67. The molecule has 2 nitrogen and oxygen atoms in total. The van der Waals surface area contributed by atoms with Crippen LogP contribution in [0.5, 0.6) is 0 Å². The second kappa shape index (κ2) is 5.86. The number of nitrogens with zero attached hydrogens (tertiary/aromatic N) is 2. The molecule has 2 aliphatic rings. The highest BCUT2D eigenvalue weighted by molar-refractivity contribution is 4.93. The first-order valence-electron chi connectivity index (χ1n) is 6.63. The maximum absolute atomic E-state index is 2.71. The van der Waals surface area contributed by atoms with Crippen molar-refractivity contribution < 1.29 is 0 Å². The Morgan fingerprint density at radius 2 is 1.80 bits per heavy atom. The highest BCUT2D eigenvalue weighted by Crippen LogP contribution is 2.30. The molecular formula is C13H28N2. The molecule has 2 aliphatic heterocycles. The van der Waals surface area contributed by atoms with Gasteiger partial charge < -0.3 is 4.90 Å². The van der Waals surface area contributed by atoms with E-state index in [0.717, 1.165) is 18.0 Å². The molecule has 15 heavy (non-hydrogen) atoms. The van der Waals surface area contributed by atoms with Gasteiger partial charge in [0.2, 0.25) is 0 Å². The molecule has 2 rings (SSSR count). The van der Waals surface area contributed by atoms with Crippen LogP contribution in [0.25, 0.3) is 0 Å². The summed E-state index contributed by atoms with van der Waals surface area (Å²) in [6, 6.07) is 1.60. The van der Waals surface area contributed by atoms with Gasteiger partial charge in [-0.05, 0) is 46.2 Å². The fourth-order valence-electron chi connectivity index (χ4n) is 3.07. The van der Waals surface area contributed by atoms with E-state index >= 15 is 0 Å². The third-order valence-corrected chi connectivity index (χ3v) is 3.67. The van der Waals surface area contributed by atoms with Crippen LogP contribution in [0.1, 0.15) is 40.5 Å². The molecule has 0 aliphatic carbocycles. The van der Waals surface area contributed by atoms with E-state index in [4.69, 9.17) is 0 Å². The minimum absolute atomic E-state index is 0.735. The van der Waals surface area contributed by atoms with Crippen LogP contribution in [0.3, 0.4) is 0 Å². The first-order chi connectivity index (χ1) is 7.18. The summed E-state index contributed by atoms with van der Waals surface area (Å²) in [6.45, 7) is 12.6. The van der Waals surface area contributed by atoms with Crippen molar-refractivity contribution in [3.05, 3.63) is 0 Å². The number of fused-ring (bicyclic) bond motifs is 1. The number of likely N-dealkylation sites (N-methyl/N-ethyl adjacent to an activating group) is 1. The number of rotatable bonds is 1. The van der Waals surface area contributed by atoms with E-state index in [1.165, 1.54) is 32.5 Å². The van der Waals surface area contributed by atoms with Crippen molar-refractivity contribution in [3.8, 4) is 0 Å². The Balaban J connectivity index is 0.000000531. The van der Waals surface area contributed by atoms with Crippen LogP contribution in [-0.2, 0) is 0 Å². The van der Waals surface area contributed by atoms with Gasteiger partial charge in [-0.15, -0.1) is 0 Å². The highest BCUT2D eigenvalue weighted by atomic mass is 15.3. The number of likely N-dealkylation sites (tertiary alicyclic amines) is 2. The number of hydrogen-bond acceptors (Lipinski definition) is 2. The molecule has 2 saturated heterocycles. The molecule has 0 aromatic heterocycles. The van der Waals surface area contributed by atoms with Gasteiger partial charge in [0.15, 0.2) is 0 Å². The highest BCUT2D eigenvalue weighted by Gasteiger charge is 2.38. The first-order valence-corrected chi connectivity index (χ1v) is 6.63. The average Bonchev–Trinajstić information content (AvgIpc) is 2.60. The molecule has 0 N–H and O–H groups in total. The molecule has 2 heteroatoms. The minimum Gasteiger partial charge on any atom is -0.304 e. The van der Waals surface area contributed by atoms with Gasteiger partial charge in [0.25, 0.3) is 0 Å². The van der Waals surface area contributed by atoms with Gasteiger partial charge in [0.1, 0.15) is 0 Å². The van der Waals surface area contributed by atoms with Crippen LogP contribution in [0.4, 0.5) is 0 Å². The molecule has 0 amide bonds. The zero-order chi connectivity index (χ0) is 11.4. The summed E-state index contributed by atoms with van der Waals surface area (Å²) in [5.74, 6) is 0.959. The Labute approximate surface area is 95.6 Å². The van der Waals surface area contributed by atoms with Crippen LogP contribution in [0.2, 0.25) is 0 Å². The van der Waals surface area contributed by atoms with E-state index < -0.39 is 0 Å². The van der Waals surface area contributed by atoms with Crippen molar-refractivity contribution in [1.29, 1.82) is 0 Å². The third kappa shape index (κ3) is 2.94. The summed E-state index contributed by atoms with van der Waals surface area (Å²) in [5.41, 5.74) is 0. The lowest BCUT2D eigenvalue weighted by molar-refractivity contribution is 0.0916. The summed E-state index contributed by atoms with van der Waals surface area (Å²) < 4.78 is 0. The molecule has 2 unspecified atom stereocenters. The van der Waals surface area contributed by atoms with Crippen LogP contribution in [-0.4, -0.2) is 48.6 Å². The van der Waals surface area contributed by atoms with Gasteiger partial charge in [-0.3, -0.25) is 4.90 Å². The first kappa shape index (κ1) is 13.0. The summed E-state index contributed by atoms with van der Waals surface area (Å²) in [4.78, 5) is 5.20. The smallest absolute Gasteiger partial charge is 0.0266 e. The van der Waals surface area contributed by atoms with Crippen LogP contribution in [0, 0.1) is 5.92 Å². The second-order valence-corrected chi connectivity index (χ2v) is 5.02. The van der Waals surface area contributed by atoms with Gasteiger partial charge in [0.05, 0.1) is 0 Å². The Morgan fingerprint density at radius 3 is 2.40 bits per heavy atom. The van der Waals surface area contributed by atoms with Crippen molar-refractivity contribution >= 4 is 0 Å². The van der Waals surface area contributed by atoms with E-state index in [-0.39, 0.29) is 0 Å². The maximum atomic E-state index is 2.71. The lowest BCUT2D eigenvalue weighted by atomic mass is 9.91. The largest absolute Gasteiger partial charge is 0.304 e. The molecular weight excluding hydrogens is 184 g/mol. The Bertz CT molecular complexity index is 179. The van der Waals surface area contributed by atoms with Gasteiger partial charge in [-0.1, -0.05) is 13.8 Å². The molecule has 2 heterocycles. The van der Waals surface area contributed by atoms with E-state index in [1.807, 2.05) is 13.8 Å². The van der Waals surface area contributed by atoms with E-state index in [9.17, 15) is 0 Å². The fraction of sp³-hybridized carbons (Fsp3) is 1.00. The van der Waals surface area contributed by atoms with Gasteiger partial charge in [0, 0.05) is 25.2 Å². The number of piperidine rings is 1. The molecule has 2 atom stereocenters.